The smallest absolute Gasteiger partial charge is 0.330 e. The molecule has 1 aliphatic rings. The van der Waals surface area contributed by atoms with Crippen LogP contribution >= 0.6 is 0 Å². The van der Waals surface area contributed by atoms with Crippen molar-refractivity contribution in [3.05, 3.63) is 20.8 Å². The molecule has 0 saturated heterocycles. The van der Waals surface area contributed by atoms with Crippen molar-refractivity contribution >= 4 is 11.5 Å². The molecule has 0 bridgehead atoms. The first-order valence-corrected chi connectivity index (χ1v) is 6.94. The van der Waals surface area contributed by atoms with Crippen LogP contribution in [0.5, 0.6) is 0 Å². The van der Waals surface area contributed by atoms with E-state index in [2.05, 4.69) is 17.2 Å². The molecule has 0 spiro atoms. The maximum absolute atomic E-state index is 11.9. The highest BCUT2D eigenvalue weighted by Gasteiger charge is 2.36. The van der Waals surface area contributed by atoms with E-state index in [9.17, 15) is 9.59 Å². The van der Waals surface area contributed by atoms with Crippen LogP contribution in [-0.2, 0) is 6.54 Å². The average molecular weight is 266 g/mol. The van der Waals surface area contributed by atoms with Crippen molar-refractivity contribution in [2.24, 2.45) is 0 Å². The van der Waals surface area contributed by atoms with Crippen LogP contribution in [0.15, 0.2) is 9.59 Å². The molecule has 1 aromatic heterocycles. The van der Waals surface area contributed by atoms with E-state index in [4.69, 9.17) is 5.73 Å². The zero-order valence-corrected chi connectivity index (χ0v) is 11.6. The van der Waals surface area contributed by atoms with Crippen molar-refractivity contribution in [1.29, 1.82) is 0 Å². The third-order valence-electron chi connectivity index (χ3n) is 4.06. The second-order valence-electron chi connectivity index (χ2n) is 5.28. The van der Waals surface area contributed by atoms with Crippen LogP contribution < -0.4 is 22.3 Å². The first-order chi connectivity index (χ1) is 9.03. The topological polar surface area (TPSA) is 92.9 Å². The van der Waals surface area contributed by atoms with Gasteiger partial charge in [0.2, 0.25) is 0 Å². The standard InChI is InChI=1S/C13H22N4O2/c1-3-8-17-10(14)9(11(18)15-12(17)19)16-13(4-2)6-5-7-13/h16H,3-8,14H2,1-2H3,(H,15,18,19). The molecule has 19 heavy (non-hydrogen) atoms. The summed E-state index contributed by atoms with van der Waals surface area (Å²) in [7, 11) is 0. The lowest BCUT2D eigenvalue weighted by atomic mass is 9.75. The number of anilines is 2. The van der Waals surface area contributed by atoms with Crippen LogP contribution in [0.3, 0.4) is 0 Å². The molecule has 0 atom stereocenters. The lowest BCUT2D eigenvalue weighted by molar-refractivity contribution is 0.269. The Bertz CT molecular complexity index is 563. The molecule has 106 valence electrons. The molecule has 6 heteroatoms. The predicted octanol–water partition coefficient (Wildman–Crippen LogP) is 1.27. The van der Waals surface area contributed by atoms with Gasteiger partial charge in [-0.25, -0.2) is 4.79 Å². The monoisotopic (exact) mass is 266 g/mol. The molecule has 0 aliphatic heterocycles. The summed E-state index contributed by atoms with van der Waals surface area (Å²) in [6.07, 6.45) is 4.96. The Kier molecular flexibility index (Phi) is 3.68. The fraction of sp³-hybridized carbons (Fsp3) is 0.692. The molecular weight excluding hydrogens is 244 g/mol. The number of nitrogens with two attached hydrogens (primary N) is 1. The van der Waals surface area contributed by atoms with Gasteiger partial charge in [0.1, 0.15) is 11.5 Å². The number of hydrogen-bond donors (Lipinski definition) is 3. The Morgan fingerprint density at radius 3 is 2.53 bits per heavy atom. The van der Waals surface area contributed by atoms with Crippen LogP contribution in [0.2, 0.25) is 0 Å². The maximum atomic E-state index is 11.9. The summed E-state index contributed by atoms with van der Waals surface area (Å²) in [6, 6.07) is 0. The summed E-state index contributed by atoms with van der Waals surface area (Å²) >= 11 is 0. The van der Waals surface area contributed by atoms with Crippen molar-refractivity contribution in [2.45, 2.75) is 58.0 Å². The van der Waals surface area contributed by atoms with E-state index in [0.29, 0.717) is 12.2 Å². The fourth-order valence-electron chi connectivity index (χ4n) is 2.59. The zero-order valence-electron chi connectivity index (χ0n) is 11.6. The molecule has 1 saturated carbocycles. The average Bonchev–Trinajstić information content (AvgIpc) is 2.33. The largest absolute Gasteiger partial charge is 0.383 e. The molecule has 1 heterocycles. The van der Waals surface area contributed by atoms with E-state index in [-0.39, 0.29) is 11.4 Å². The molecule has 0 unspecified atom stereocenters. The highest BCUT2D eigenvalue weighted by Crippen LogP contribution is 2.38. The van der Waals surface area contributed by atoms with E-state index in [1.165, 1.54) is 4.57 Å². The minimum atomic E-state index is -0.436. The molecular formula is C13H22N4O2. The molecule has 1 aromatic rings. The van der Waals surface area contributed by atoms with Crippen LogP contribution in [0.25, 0.3) is 0 Å². The highest BCUT2D eigenvalue weighted by atomic mass is 16.2. The molecule has 1 fully saturated rings. The van der Waals surface area contributed by atoms with E-state index < -0.39 is 11.2 Å². The minimum absolute atomic E-state index is 0.0322. The van der Waals surface area contributed by atoms with Gasteiger partial charge in [-0.2, -0.15) is 0 Å². The number of nitrogens with one attached hydrogen (secondary N) is 2. The molecule has 6 nitrogen and oxygen atoms in total. The molecule has 2 rings (SSSR count). The van der Waals surface area contributed by atoms with Crippen LogP contribution in [0.1, 0.15) is 46.0 Å². The lowest BCUT2D eigenvalue weighted by Crippen LogP contribution is -2.47. The number of aromatic amines is 1. The van der Waals surface area contributed by atoms with Gasteiger partial charge in [-0.15, -0.1) is 0 Å². The third kappa shape index (κ3) is 2.39. The zero-order chi connectivity index (χ0) is 14.0. The number of hydrogen-bond acceptors (Lipinski definition) is 4. The number of H-pyrrole nitrogens is 1. The van der Waals surface area contributed by atoms with Gasteiger partial charge in [0.05, 0.1) is 0 Å². The molecule has 1 aliphatic carbocycles. The van der Waals surface area contributed by atoms with E-state index in [1.54, 1.807) is 0 Å². The molecule has 0 aromatic carbocycles. The maximum Gasteiger partial charge on any atom is 0.330 e. The summed E-state index contributed by atoms with van der Waals surface area (Å²) in [5, 5.41) is 3.28. The van der Waals surface area contributed by atoms with E-state index in [1.807, 2.05) is 6.92 Å². The lowest BCUT2D eigenvalue weighted by Gasteiger charge is -2.42. The van der Waals surface area contributed by atoms with Gasteiger partial charge in [-0.05, 0) is 32.1 Å². The second-order valence-corrected chi connectivity index (χ2v) is 5.28. The Balaban J connectivity index is 2.42. The molecule has 0 radical (unpaired) electrons. The van der Waals surface area contributed by atoms with Crippen LogP contribution in [0, 0.1) is 0 Å². The van der Waals surface area contributed by atoms with E-state index >= 15 is 0 Å². The van der Waals surface area contributed by atoms with Gasteiger partial charge in [0, 0.05) is 12.1 Å². The van der Waals surface area contributed by atoms with Gasteiger partial charge < -0.3 is 11.1 Å². The van der Waals surface area contributed by atoms with E-state index in [0.717, 1.165) is 32.1 Å². The molecule has 4 N–H and O–H groups in total. The normalized spacial score (nSPS) is 16.9. The number of aromatic nitrogens is 2. The van der Waals surface area contributed by atoms with Gasteiger partial charge in [-0.1, -0.05) is 13.8 Å². The third-order valence-corrected chi connectivity index (χ3v) is 4.06. The SMILES string of the molecule is CCCn1c(N)c(NC2(CC)CCC2)c(=O)[nH]c1=O. The summed E-state index contributed by atoms with van der Waals surface area (Å²) in [5.41, 5.74) is 5.44. The van der Waals surface area contributed by atoms with Gasteiger partial charge in [0.25, 0.3) is 5.56 Å². The summed E-state index contributed by atoms with van der Waals surface area (Å²) in [6.45, 7) is 4.57. The number of nitrogens with zero attached hydrogens (tertiary/aromatic N) is 1. The summed E-state index contributed by atoms with van der Waals surface area (Å²) in [4.78, 5) is 26.0. The van der Waals surface area contributed by atoms with Crippen molar-refractivity contribution in [3.63, 3.8) is 0 Å². The quantitative estimate of drug-likeness (QED) is 0.748. The van der Waals surface area contributed by atoms with Gasteiger partial charge >= 0.3 is 5.69 Å². The highest BCUT2D eigenvalue weighted by molar-refractivity contribution is 5.62. The summed E-state index contributed by atoms with van der Waals surface area (Å²) < 4.78 is 1.42. The number of nitrogen functional groups attached to an aromatic ring is 1. The Labute approximate surface area is 112 Å². The Hall–Kier alpha value is -1.72. The second kappa shape index (κ2) is 5.11. The van der Waals surface area contributed by atoms with Crippen LogP contribution in [-0.4, -0.2) is 15.1 Å². The predicted molar refractivity (Wildman–Crippen MR) is 76.5 cm³/mol. The fourth-order valence-corrected chi connectivity index (χ4v) is 2.59. The first-order valence-electron chi connectivity index (χ1n) is 6.94. The van der Waals surface area contributed by atoms with Crippen molar-refractivity contribution in [3.8, 4) is 0 Å². The van der Waals surface area contributed by atoms with Crippen LogP contribution in [0.4, 0.5) is 11.5 Å². The van der Waals surface area contributed by atoms with Crippen molar-refractivity contribution in [2.75, 3.05) is 11.1 Å². The Morgan fingerprint density at radius 1 is 1.37 bits per heavy atom. The molecule has 0 amide bonds. The Morgan fingerprint density at radius 2 is 2.05 bits per heavy atom. The van der Waals surface area contributed by atoms with Gasteiger partial charge in [0.15, 0.2) is 0 Å². The van der Waals surface area contributed by atoms with Crippen molar-refractivity contribution in [1.82, 2.24) is 9.55 Å². The minimum Gasteiger partial charge on any atom is -0.383 e. The summed E-state index contributed by atoms with van der Waals surface area (Å²) in [5.74, 6) is 0.246. The first kappa shape index (κ1) is 13.7. The number of rotatable bonds is 5. The van der Waals surface area contributed by atoms with Gasteiger partial charge in [-0.3, -0.25) is 14.3 Å². The van der Waals surface area contributed by atoms with Crippen molar-refractivity contribution < 1.29 is 0 Å².